The maximum absolute atomic E-state index is 11.1. The van der Waals surface area contributed by atoms with E-state index in [1.807, 2.05) is 13.0 Å². The van der Waals surface area contributed by atoms with Crippen LogP contribution in [0.1, 0.15) is 11.4 Å². The molecule has 5 nitrogen and oxygen atoms in total. The molecule has 1 aliphatic rings. The number of aryl methyl sites for hydroxylation is 1. The maximum atomic E-state index is 11.1. The summed E-state index contributed by atoms with van der Waals surface area (Å²) in [6.07, 6.45) is 0.741. The predicted molar refractivity (Wildman–Crippen MR) is 55.9 cm³/mol. The summed E-state index contributed by atoms with van der Waals surface area (Å²) < 4.78 is 5.34. The van der Waals surface area contributed by atoms with Crippen LogP contribution in [-0.4, -0.2) is 35.8 Å². The van der Waals surface area contributed by atoms with Gasteiger partial charge in [0.25, 0.3) is 0 Å². The molecule has 1 aliphatic heterocycles. The van der Waals surface area contributed by atoms with Gasteiger partial charge in [0.15, 0.2) is 0 Å². The predicted octanol–water partition coefficient (Wildman–Crippen LogP) is -0.391. The molecule has 0 radical (unpaired) electrons. The first-order valence-electron chi connectivity index (χ1n) is 5.12. The Labute approximate surface area is 87.9 Å². The molecule has 0 amide bonds. The molecule has 5 heteroatoms. The van der Waals surface area contributed by atoms with Gasteiger partial charge in [-0.25, -0.2) is 4.79 Å². The molecule has 0 bridgehead atoms. The quantitative estimate of drug-likeness (QED) is 0.696. The van der Waals surface area contributed by atoms with E-state index in [1.165, 1.54) is 0 Å². The highest BCUT2D eigenvalue weighted by molar-refractivity contribution is 5.08. The second-order valence-corrected chi connectivity index (χ2v) is 3.79. The summed E-state index contributed by atoms with van der Waals surface area (Å²) in [6, 6.07) is 2.17. The Morgan fingerprint density at radius 1 is 1.67 bits per heavy atom. The third-order valence-electron chi connectivity index (χ3n) is 2.39. The van der Waals surface area contributed by atoms with Gasteiger partial charge in [0.2, 0.25) is 0 Å². The molecular formula is C10H15N3O2. The number of H-pyrrole nitrogens is 1. The first-order chi connectivity index (χ1) is 7.24. The molecule has 82 valence electrons. The summed E-state index contributed by atoms with van der Waals surface area (Å²) in [4.78, 5) is 17.7. The van der Waals surface area contributed by atoms with Crippen molar-refractivity contribution in [3.8, 4) is 0 Å². The standard InChI is InChI=1S/C10H15N3O2/c1-7-4-8(13-10(14)12-7)5-9-6-15-3-2-11-9/h4,9,11H,2-3,5-6H2,1H3,(H,12,13,14). The molecule has 15 heavy (non-hydrogen) atoms. The van der Waals surface area contributed by atoms with E-state index < -0.39 is 0 Å². The molecule has 2 heterocycles. The van der Waals surface area contributed by atoms with Crippen LogP contribution in [0.5, 0.6) is 0 Å². The summed E-state index contributed by atoms with van der Waals surface area (Å²) in [5.41, 5.74) is 1.39. The highest BCUT2D eigenvalue weighted by Crippen LogP contribution is 2.02. The normalized spacial score (nSPS) is 21.5. The van der Waals surface area contributed by atoms with Crippen LogP contribution in [0.2, 0.25) is 0 Å². The van der Waals surface area contributed by atoms with Gasteiger partial charge in [-0.05, 0) is 13.0 Å². The van der Waals surface area contributed by atoms with E-state index in [4.69, 9.17) is 4.74 Å². The molecule has 1 aromatic rings. The number of aromatic amines is 1. The lowest BCUT2D eigenvalue weighted by molar-refractivity contribution is 0.0767. The van der Waals surface area contributed by atoms with Crippen LogP contribution in [0.25, 0.3) is 0 Å². The fourth-order valence-electron chi connectivity index (χ4n) is 1.75. The highest BCUT2D eigenvalue weighted by Gasteiger charge is 2.14. The van der Waals surface area contributed by atoms with Gasteiger partial charge in [0.05, 0.1) is 13.2 Å². The van der Waals surface area contributed by atoms with Crippen molar-refractivity contribution in [3.63, 3.8) is 0 Å². The van der Waals surface area contributed by atoms with Crippen LogP contribution >= 0.6 is 0 Å². The van der Waals surface area contributed by atoms with Crippen molar-refractivity contribution >= 4 is 0 Å². The number of hydrogen-bond acceptors (Lipinski definition) is 4. The number of aromatic nitrogens is 2. The van der Waals surface area contributed by atoms with Crippen LogP contribution in [0.3, 0.4) is 0 Å². The molecule has 1 aromatic heterocycles. The molecule has 1 fully saturated rings. The number of nitrogens with one attached hydrogen (secondary N) is 2. The smallest absolute Gasteiger partial charge is 0.345 e. The monoisotopic (exact) mass is 209 g/mol. The van der Waals surface area contributed by atoms with Crippen molar-refractivity contribution in [3.05, 3.63) is 27.9 Å². The number of rotatable bonds is 2. The largest absolute Gasteiger partial charge is 0.379 e. The van der Waals surface area contributed by atoms with E-state index in [0.717, 1.165) is 31.0 Å². The molecule has 0 saturated carbocycles. The van der Waals surface area contributed by atoms with Crippen LogP contribution in [0.15, 0.2) is 10.9 Å². The minimum Gasteiger partial charge on any atom is -0.379 e. The van der Waals surface area contributed by atoms with Gasteiger partial charge in [-0.15, -0.1) is 0 Å². The molecule has 2 N–H and O–H groups in total. The van der Waals surface area contributed by atoms with Crippen LogP contribution in [0.4, 0.5) is 0 Å². The van der Waals surface area contributed by atoms with E-state index in [1.54, 1.807) is 0 Å². The van der Waals surface area contributed by atoms with Crippen molar-refractivity contribution in [1.82, 2.24) is 15.3 Å². The SMILES string of the molecule is Cc1cc(CC2COCCN2)nc(=O)[nH]1. The Kier molecular flexibility index (Phi) is 3.13. The van der Waals surface area contributed by atoms with Crippen molar-refractivity contribution < 1.29 is 4.74 Å². The zero-order valence-electron chi connectivity index (χ0n) is 8.75. The first kappa shape index (κ1) is 10.3. The number of nitrogens with zero attached hydrogens (tertiary/aromatic N) is 1. The average molecular weight is 209 g/mol. The minimum absolute atomic E-state index is 0.271. The topological polar surface area (TPSA) is 67.0 Å². The van der Waals surface area contributed by atoms with E-state index >= 15 is 0 Å². The third-order valence-corrected chi connectivity index (χ3v) is 2.39. The maximum Gasteiger partial charge on any atom is 0.345 e. The van der Waals surface area contributed by atoms with E-state index in [2.05, 4.69) is 15.3 Å². The summed E-state index contributed by atoms with van der Waals surface area (Å²) in [6.45, 7) is 4.18. The molecule has 1 saturated heterocycles. The number of morpholine rings is 1. The summed E-state index contributed by atoms with van der Waals surface area (Å²) in [7, 11) is 0. The van der Waals surface area contributed by atoms with E-state index in [-0.39, 0.29) is 11.7 Å². The number of ether oxygens (including phenoxy) is 1. The fraction of sp³-hybridized carbons (Fsp3) is 0.600. The fourth-order valence-corrected chi connectivity index (χ4v) is 1.75. The molecule has 0 spiro atoms. The van der Waals surface area contributed by atoms with Crippen LogP contribution in [0, 0.1) is 6.92 Å². The minimum atomic E-state index is -0.276. The molecule has 1 atom stereocenters. The van der Waals surface area contributed by atoms with Gasteiger partial charge in [-0.1, -0.05) is 0 Å². The molecule has 2 rings (SSSR count). The third kappa shape index (κ3) is 2.87. The van der Waals surface area contributed by atoms with Crippen molar-refractivity contribution in [2.75, 3.05) is 19.8 Å². The van der Waals surface area contributed by atoms with Crippen LogP contribution in [-0.2, 0) is 11.2 Å². The Balaban J connectivity index is 2.06. The van der Waals surface area contributed by atoms with E-state index in [9.17, 15) is 4.79 Å². The Morgan fingerprint density at radius 2 is 2.53 bits per heavy atom. The Morgan fingerprint density at radius 3 is 3.20 bits per heavy atom. The van der Waals surface area contributed by atoms with Gasteiger partial charge in [0, 0.05) is 30.4 Å². The van der Waals surface area contributed by atoms with E-state index in [0.29, 0.717) is 6.61 Å². The zero-order valence-corrected chi connectivity index (χ0v) is 8.75. The lowest BCUT2D eigenvalue weighted by Gasteiger charge is -2.23. The summed E-state index contributed by atoms with van der Waals surface area (Å²) in [5.74, 6) is 0. The highest BCUT2D eigenvalue weighted by atomic mass is 16.5. The Hall–Kier alpha value is -1.20. The Bertz CT molecular complexity index is 382. The van der Waals surface area contributed by atoms with Crippen LogP contribution < -0.4 is 11.0 Å². The lowest BCUT2D eigenvalue weighted by atomic mass is 10.1. The average Bonchev–Trinajstić information content (AvgIpc) is 2.17. The van der Waals surface area contributed by atoms with Crippen molar-refractivity contribution in [2.24, 2.45) is 0 Å². The van der Waals surface area contributed by atoms with Gasteiger partial charge < -0.3 is 15.0 Å². The van der Waals surface area contributed by atoms with Gasteiger partial charge in [-0.3, -0.25) is 0 Å². The lowest BCUT2D eigenvalue weighted by Crippen LogP contribution is -2.42. The van der Waals surface area contributed by atoms with Gasteiger partial charge in [-0.2, -0.15) is 4.98 Å². The number of hydrogen-bond donors (Lipinski definition) is 2. The van der Waals surface area contributed by atoms with Crippen molar-refractivity contribution in [2.45, 2.75) is 19.4 Å². The summed E-state index contributed by atoms with van der Waals surface area (Å²) in [5, 5.41) is 3.33. The zero-order chi connectivity index (χ0) is 10.7. The molecule has 0 aliphatic carbocycles. The second-order valence-electron chi connectivity index (χ2n) is 3.79. The molecule has 0 aromatic carbocycles. The molecular weight excluding hydrogens is 194 g/mol. The summed E-state index contributed by atoms with van der Waals surface area (Å²) >= 11 is 0. The van der Waals surface area contributed by atoms with Gasteiger partial charge in [0.1, 0.15) is 0 Å². The molecule has 1 unspecified atom stereocenters. The second kappa shape index (κ2) is 4.55. The van der Waals surface area contributed by atoms with Crippen molar-refractivity contribution in [1.29, 1.82) is 0 Å². The van der Waals surface area contributed by atoms with Gasteiger partial charge >= 0.3 is 5.69 Å². The first-order valence-corrected chi connectivity index (χ1v) is 5.12.